The van der Waals surface area contributed by atoms with Crippen LogP contribution in [0.1, 0.15) is 16.7 Å². The average molecular weight is 313 g/mol. The Bertz CT molecular complexity index is 666. The fourth-order valence-electron chi connectivity index (χ4n) is 1.60. The van der Waals surface area contributed by atoms with E-state index < -0.39 is 0 Å². The predicted octanol–water partition coefficient (Wildman–Crippen LogP) is 4.12. The predicted molar refractivity (Wildman–Crippen MR) is 75.0 cm³/mol. The van der Waals surface area contributed by atoms with Crippen LogP contribution in [0.2, 0.25) is 0 Å². The van der Waals surface area contributed by atoms with Crippen molar-refractivity contribution in [3.63, 3.8) is 0 Å². The second-order valence-electron chi connectivity index (χ2n) is 3.78. The van der Waals surface area contributed by atoms with Crippen molar-refractivity contribution >= 4 is 15.9 Å². The summed E-state index contributed by atoms with van der Waals surface area (Å²) in [5.74, 6) is 1.03. The van der Waals surface area contributed by atoms with Crippen molar-refractivity contribution in [2.75, 3.05) is 0 Å². The Morgan fingerprint density at radius 3 is 2.32 bits per heavy atom. The number of benzene rings is 2. The molecule has 0 radical (unpaired) electrons. The molecule has 0 unspecified atom stereocenters. The third-order valence-electron chi connectivity index (χ3n) is 2.56. The average Bonchev–Trinajstić information content (AvgIpc) is 2.47. The Morgan fingerprint density at radius 1 is 1.00 bits per heavy atom. The maximum absolute atomic E-state index is 9.10. The van der Waals surface area contributed by atoms with E-state index in [4.69, 9.17) is 15.3 Å². The Hall–Kier alpha value is -2.30. The number of rotatable bonds is 3. The van der Waals surface area contributed by atoms with Gasteiger partial charge in [0, 0.05) is 5.33 Å². The topological polar surface area (TPSA) is 56.8 Å². The van der Waals surface area contributed by atoms with Crippen molar-refractivity contribution in [3.05, 3.63) is 59.2 Å². The van der Waals surface area contributed by atoms with Crippen molar-refractivity contribution in [2.24, 2.45) is 0 Å². The van der Waals surface area contributed by atoms with E-state index in [1.165, 1.54) is 0 Å². The van der Waals surface area contributed by atoms with Gasteiger partial charge in [0.1, 0.15) is 29.2 Å². The first-order valence-corrected chi connectivity index (χ1v) is 6.66. The van der Waals surface area contributed by atoms with Crippen molar-refractivity contribution in [2.45, 2.75) is 5.33 Å². The van der Waals surface area contributed by atoms with Crippen molar-refractivity contribution in [1.82, 2.24) is 0 Å². The molecule has 0 aliphatic rings. The van der Waals surface area contributed by atoms with Gasteiger partial charge in [-0.05, 0) is 29.8 Å². The Labute approximate surface area is 119 Å². The highest BCUT2D eigenvalue weighted by Gasteiger charge is 2.09. The van der Waals surface area contributed by atoms with Crippen LogP contribution in [0.15, 0.2) is 42.5 Å². The molecule has 0 saturated carbocycles. The van der Waals surface area contributed by atoms with Gasteiger partial charge in [0.2, 0.25) is 0 Å². The van der Waals surface area contributed by atoms with Crippen molar-refractivity contribution < 1.29 is 4.74 Å². The number of nitriles is 2. The molecule has 0 N–H and O–H groups in total. The lowest BCUT2D eigenvalue weighted by Gasteiger charge is -2.08. The van der Waals surface area contributed by atoms with E-state index in [0.29, 0.717) is 17.1 Å². The fourth-order valence-corrected chi connectivity index (χ4v) is 1.97. The van der Waals surface area contributed by atoms with Crippen LogP contribution < -0.4 is 4.74 Å². The first-order chi connectivity index (χ1) is 9.28. The fraction of sp³-hybridized carbons (Fsp3) is 0.0667. The second-order valence-corrected chi connectivity index (χ2v) is 4.34. The molecule has 0 bridgehead atoms. The second kappa shape index (κ2) is 6.04. The minimum atomic E-state index is 0.259. The highest BCUT2D eigenvalue weighted by molar-refractivity contribution is 9.08. The SMILES string of the molecule is N#Cc1cccc(Oc2ccc(CBr)cc2)c1C#N. The summed E-state index contributed by atoms with van der Waals surface area (Å²) in [5.41, 5.74) is 1.71. The van der Waals surface area contributed by atoms with Crippen LogP contribution in [0.4, 0.5) is 0 Å². The molecule has 4 heteroatoms. The molecule has 92 valence electrons. The summed E-state index contributed by atoms with van der Waals surface area (Å²) in [7, 11) is 0. The molecule has 2 rings (SSSR count). The minimum Gasteiger partial charge on any atom is -0.456 e. The molecule has 0 saturated heterocycles. The summed E-state index contributed by atoms with van der Waals surface area (Å²) in [6, 6.07) is 16.5. The molecule has 0 amide bonds. The van der Waals surface area contributed by atoms with Crippen LogP contribution in [0.5, 0.6) is 11.5 Å². The molecule has 0 aliphatic carbocycles. The van der Waals surface area contributed by atoms with Gasteiger partial charge in [-0.1, -0.05) is 34.1 Å². The maximum Gasteiger partial charge on any atom is 0.146 e. The van der Waals surface area contributed by atoms with E-state index >= 15 is 0 Å². The third kappa shape index (κ3) is 2.93. The lowest BCUT2D eigenvalue weighted by molar-refractivity contribution is 0.481. The smallest absolute Gasteiger partial charge is 0.146 e. The third-order valence-corrected chi connectivity index (χ3v) is 3.21. The summed E-state index contributed by atoms with van der Waals surface area (Å²) in [5, 5.41) is 18.8. The lowest BCUT2D eigenvalue weighted by Crippen LogP contribution is -1.91. The van der Waals surface area contributed by atoms with E-state index in [1.807, 2.05) is 36.4 Å². The van der Waals surface area contributed by atoms with Crippen LogP contribution in [0.25, 0.3) is 0 Å². The van der Waals surface area contributed by atoms with Gasteiger partial charge < -0.3 is 4.74 Å². The number of nitrogens with zero attached hydrogens (tertiary/aromatic N) is 2. The quantitative estimate of drug-likeness (QED) is 0.801. The molecule has 3 nitrogen and oxygen atoms in total. The first-order valence-electron chi connectivity index (χ1n) is 5.54. The number of hydrogen-bond acceptors (Lipinski definition) is 3. The van der Waals surface area contributed by atoms with Gasteiger partial charge in [-0.25, -0.2) is 0 Å². The minimum absolute atomic E-state index is 0.259. The molecule has 0 spiro atoms. The molecule has 2 aromatic rings. The highest BCUT2D eigenvalue weighted by atomic mass is 79.9. The van der Waals surface area contributed by atoms with E-state index in [-0.39, 0.29) is 5.56 Å². The van der Waals surface area contributed by atoms with Crippen LogP contribution in [0.3, 0.4) is 0 Å². The molecule has 19 heavy (non-hydrogen) atoms. The van der Waals surface area contributed by atoms with Crippen LogP contribution in [0, 0.1) is 22.7 Å². The van der Waals surface area contributed by atoms with Gasteiger partial charge in [-0.2, -0.15) is 10.5 Å². The maximum atomic E-state index is 9.10. The number of hydrogen-bond donors (Lipinski definition) is 0. The standard InChI is InChI=1S/C15H9BrN2O/c16-8-11-4-6-13(7-5-11)19-15-3-1-2-12(9-17)14(15)10-18/h1-7H,8H2. The number of ether oxygens (including phenoxy) is 1. The first kappa shape index (κ1) is 13.1. The summed E-state index contributed by atoms with van der Waals surface area (Å²) in [6.45, 7) is 0. The molecule has 0 fully saturated rings. The summed E-state index contributed by atoms with van der Waals surface area (Å²) >= 11 is 3.37. The molecule has 0 aromatic heterocycles. The van der Waals surface area contributed by atoms with Crippen molar-refractivity contribution in [3.8, 4) is 23.6 Å². The van der Waals surface area contributed by atoms with E-state index in [2.05, 4.69) is 15.9 Å². The molecule has 2 aromatic carbocycles. The van der Waals surface area contributed by atoms with E-state index in [9.17, 15) is 0 Å². The van der Waals surface area contributed by atoms with Gasteiger partial charge in [0.15, 0.2) is 0 Å². The Balaban J connectivity index is 2.33. The van der Waals surface area contributed by atoms with Gasteiger partial charge in [0.05, 0.1) is 5.56 Å². The van der Waals surface area contributed by atoms with Gasteiger partial charge >= 0.3 is 0 Å². The van der Waals surface area contributed by atoms with E-state index in [1.54, 1.807) is 18.2 Å². The van der Waals surface area contributed by atoms with Crippen LogP contribution in [-0.2, 0) is 5.33 Å². The van der Waals surface area contributed by atoms with Crippen LogP contribution >= 0.6 is 15.9 Å². The molecule has 0 aliphatic heterocycles. The van der Waals surface area contributed by atoms with Gasteiger partial charge in [-0.15, -0.1) is 0 Å². The summed E-state index contributed by atoms with van der Waals surface area (Å²) in [6.07, 6.45) is 0. The summed E-state index contributed by atoms with van der Waals surface area (Å²) in [4.78, 5) is 0. The Kier molecular flexibility index (Phi) is 4.18. The van der Waals surface area contributed by atoms with Gasteiger partial charge in [-0.3, -0.25) is 0 Å². The zero-order valence-corrected chi connectivity index (χ0v) is 11.5. The molecular weight excluding hydrogens is 304 g/mol. The monoisotopic (exact) mass is 312 g/mol. The summed E-state index contributed by atoms with van der Waals surface area (Å²) < 4.78 is 5.65. The number of alkyl halides is 1. The zero-order valence-electron chi connectivity index (χ0n) is 9.93. The highest BCUT2D eigenvalue weighted by Crippen LogP contribution is 2.27. The lowest BCUT2D eigenvalue weighted by atomic mass is 10.1. The largest absolute Gasteiger partial charge is 0.456 e. The molecule has 0 atom stereocenters. The normalized spacial score (nSPS) is 9.42. The molecule has 0 heterocycles. The number of halogens is 1. The molecular formula is C15H9BrN2O. The zero-order chi connectivity index (χ0) is 13.7. The van der Waals surface area contributed by atoms with Crippen LogP contribution in [-0.4, -0.2) is 0 Å². The van der Waals surface area contributed by atoms with Crippen molar-refractivity contribution in [1.29, 1.82) is 10.5 Å². The Morgan fingerprint density at radius 2 is 1.74 bits per heavy atom. The van der Waals surface area contributed by atoms with E-state index in [0.717, 1.165) is 10.9 Å². The van der Waals surface area contributed by atoms with Gasteiger partial charge in [0.25, 0.3) is 0 Å².